The van der Waals surface area contributed by atoms with E-state index < -0.39 is 18.3 Å². The van der Waals surface area contributed by atoms with E-state index in [1.54, 1.807) is 37.1 Å². The van der Waals surface area contributed by atoms with Crippen LogP contribution in [0.3, 0.4) is 0 Å². The third-order valence-corrected chi connectivity index (χ3v) is 7.41. The van der Waals surface area contributed by atoms with Crippen molar-refractivity contribution in [3.05, 3.63) is 46.7 Å². The number of aromatic nitrogens is 1. The molecule has 0 amide bonds. The third kappa shape index (κ3) is 5.56. The van der Waals surface area contributed by atoms with Crippen molar-refractivity contribution in [1.82, 2.24) is 14.4 Å². The Morgan fingerprint density at radius 1 is 1.14 bits per heavy atom. The van der Waals surface area contributed by atoms with Gasteiger partial charge in [-0.1, -0.05) is 0 Å². The van der Waals surface area contributed by atoms with Gasteiger partial charge >= 0.3 is 7.12 Å². The van der Waals surface area contributed by atoms with Gasteiger partial charge in [0.1, 0.15) is 5.69 Å². The summed E-state index contributed by atoms with van der Waals surface area (Å²) >= 11 is 0. The summed E-state index contributed by atoms with van der Waals surface area (Å²) in [5.74, 6) is 0. The van der Waals surface area contributed by atoms with Crippen molar-refractivity contribution >= 4 is 24.5 Å². The van der Waals surface area contributed by atoms with Crippen LogP contribution in [-0.2, 0) is 21.1 Å². The molecule has 3 fully saturated rings. The quantitative estimate of drug-likeness (QED) is 0.355. The largest absolute Gasteiger partial charge is 0.496 e. The maximum Gasteiger partial charge on any atom is 0.496 e. The Bertz CT molecular complexity index is 1040. The molecule has 3 saturated heterocycles. The second-order valence-electron chi connectivity index (χ2n) is 10.4. The van der Waals surface area contributed by atoms with Crippen LogP contribution in [-0.4, -0.2) is 91.4 Å². The smallest absolute Gasteiger partial charge is 0.399 e. The lowest BCUT2D eigenvalue weighted by Crippen LogP contribution is -2.56. The van der Waals surface area contributed by atoms with Crippen molar-refractivity contribution in [2.75, 3.05) is 51.8 Å². The van der Waals surface area contributed by atoms with Crippen LogP contribution in [0.2, 0.25) is 0 Å². The van der Waals surface area contributed by atoms with E-state index in [4.69, 9.17) is 14.0 Å². The normalized spacial score (nSPS) is 23.4. The average Bonchev–Trinajstić information content (AvgIpc) is 2.99. The Labute approximate surface area is 208 Å². The van der Waals surface area contributed by atoms with Gasteiger partial charge in [-0.2, -0.15) is 0 Å². The summed E-state index contributed by atoms with van der Waals surface area (Å²) in [4.78, 5) is 21.8. The molecule has 0 spiro atoms. The SMILES string of the molecule is C\N=C/C(=C\C=C\Nc1cc(B2OC(C)(C)C(C)(C)O2)cn(C)c1=O)N1CCN(C2COC2)CC1. The van der Waals surface area contributed by atoms with E-state index in [1.165, 1.54) is 0 Å². The lowest BCUT2D eigenvalue weighted by molar-refractivity contribution is -0.0743. The summed E-state index contributed by atoms with van der Waals surface area (Å²) in [6.45, 7) is 13.7. The highest BCUT2D eigenvalue weighted by molar-refractivity contribution is 6.62. The summed E-state index contributed by atoms with van der Waals surface area (Å²) in [7, 11) is 2.98. The molecule has 3 aliphatic rings. The molecule has 0 atom stereocenters. The number of aliphatic imine (C=N–C) groups is 1. The van der Waals surface area contributed by atoms with E-state index >= 15 is 0 Å². The molecule has 0 saturated carbocycles. The number of piperazine rings is 1. The lowest BCUT2D eigenvalue weighted by atomic mass is 9.80. The average molecular weight is 483 g/mol. The van der Waals surface area contributed by atoms with Gasteiger partial charge < -0.3 is 28.8 Å². The summed E-state index contributed by atoms with van der Waals surface area (Å²) < 4.78 is 19.2. The van der Waals surface area contributed by atoms with Crippen LogP contribution in [0.15, 0.2) is 46.1 Å². The summed E-state index contributed by atoms with van der Waals surface area (Å²) in [6, 6.07) is 2.38. The predicted molar refractivity (Wildman–Crippen MR) is 140 cm³/mol. The van der Waals surface area contributed by atoms with Crippen LogP contribution in [0, 0.1) is 0 Å². The van der Waals surface area contributed by atoms with Crippen LogP contribution in [0.4, 0.5) is 5.69 Å². The van der Waals surface area contributed by atoms with Gasteiger partial charge in [0.2, 0.25) is 0 Å². The molecule has 4 heterocycles. The van der Waals surface area contributed by atoms with Gasteiger partial charge in [0, 0.05) is 64.3 Å². The Morgan fingerprint density at radius 3 is 2.37 bits per heavy atom. The Balaban J connectivity index is 1.43. The van der Waals surface area contributed by atoms with E-state index in [9.17, 15) is 4.79 Å². The zero-order valence-corrected chi connectivity index (χ0v) is 21.8. The number of nitrogens with one attached hydrogen (secondary N) is 1. The van der Waals surface area contributed by atoms with Gasteiger partial charge in [0.05, 0.1) is 36.2 Å². The standard InChI is InChI=1S/C25H38BN5O4/c1-24(2)25(3,4)35-26(34-24)19-14-22(23(32)29(6)16-19)28-9-7-8-20(15-27-5)30-10-12-31(13-11-30)21-17-33-18-21/h7-9,14-16,21,28H,10-13,17-18H2,1-6H3/b9-7+,20-8+,27-15-. The van der Waals surface area contributed by atoms with Gasteiger partial charge in [0.25, 0.3) is 5.56 Å². The first-order valence-corrected chi connectivity index (χ1v) is 12.3. The van der Waals surface area contributed by atoms with Crippen LogP contribution < -0.4 is 16.3 Å². The molecule has 3 aliphatic heterocycles. The van der Waals surface area contributed by atoms with Crippen molar-refractivity contribution in [1.29, 1.82) is 0 Å². The van der Waals surface area contributed by atoms with Gasteiger partial charge in [-0.15, -0.1) is 0 Å². The van der Waals surface area contributed by atoms with Crippen molar-refractivity contribution < 1.29 is 14.0 Å². The number of aryl methyl sites for hydroxylation is 1. The lowest BCUT2D eigenvalue weighted by Gasteiger charge is -2.43. The molecular weight excluding hydrogens is 445 g/mol. The number of hydrogen-bond acceptors (Lipinski definition) is 8. The molecule has 1 aromatic heterocycles. The molecule has 1 N–H and O–H groups in total. The summed E-state index contributed by atoms with van der Waals surface area (Å²) in [5.41, 5.74) is 1.30. The van der Waals surface area contributed by atoms with Crippen LogP contribution in [0.1, 0.15) is 27.7 Å². The zero-order valence-electron chi connectivity index (χ0n) is 21.8. The number of pyridine rings is 1. The molecule has 0 radical (unpaired) electrons. The van der Waals surface area contributed by atoms with Crippen LogP contribution in [0.25, 0.3) is 0 Å². The fourth-order valence-electron chi connectivity index (χ4n) is 4.38. The minimum absolute atomic E-state index is 0.120. The number of allylic oxidation sites excluding steroid dienone is 3. The number of ether oxygens (including phenoxy) is 1. The first-order chi connectivity index (χ1) is 16.6. The number of anilines is 1. The van der Waals surface area contributed by atoms with Gasteiger partial charge in [-0.3, -0.25) is 14.7 Å². The first kappa shape index (κ1) is 25.7. The number of nitrogens with zero attached hydrogens (tertiary/aromatic N) is 4. The number of rotatable bonds is 7. The van der Waals surface area contributed by atoms with Crippen molar-refractivity contribution in [2.45, 2.75) is 44.9 Å². The Kier molecular flexibility index (Phi) is 7.56. The van der Waals surface area contributed by atoms with E-state index in [0.29, 0.717) is 11.7 Å². The molecule has 0 aliphatic carbocycles. The predicted octanol–water partition coefficient (Wildman–Crippen LogP) is 1.21. The minimum atomic E-state index is -0.534. The second-order valence-corrected chi connectivity index (χ2v) is 10.4. The highest BCUT2D eigenvalue weighted by Crippen LogP contribution is 2.36. The first-order valence-electron chi connectivity index (χ1n) is 12.3. The molecule has 35 heavy (non-hydrogen) atoms. The molecule has 0 aromatic carbocycles. The fraction of sp³-hybridized carbons (Fsp3) is 0.600. The second kappa shape index (κ2) is 10.3. The molecule has 1 aromatic rings. The molecule has 10 heteroatoms. The van der Waals surface area contributed by atoms with E-state index in [0.717, 1.165) is 50.6 Å². The van der Waals surface area contributed by atoms with E-state index in [2.05, 4.69) is 20.1 Å². The van der Waals surface area contributed by atoms with Gasteiger partial charge in [-0.25, -0.2) is 0 Å². The highest BCUT2D eigenvalue weighted by atomic mass is 16.7. The zero-order chi connectivity index (χ0) is 25.2. The maximum atomic E-state index is 12.7. The topological polar surface area (TPSA) is 80.6 Å². The van der Waals surface area contributed by atoms with Crippen molar-refractivity contribution in [2.24, 2.45) is 12.0 Å². The molecule has 9 nitrogen and oxygen atoms in total. The Hall–Kier alpha value is -2.40. The molecule has 4 rings (SSSR count). The van der Waals surface area contributed by atoms with Gasteiger partial charge in [0.15, 0.2) is 0 Å². The van der Waals surface area contributed by atoms with Crippen LogP contribution >= 0.6 is 0 Å². The summed E-state index contributed by atoms with van der Waals surface area (Å²) in [5, 5.41) is 3.14. The van der Waals surface area contributed by atoms with Crippen molar-refractivity contribution in [3.63, 3.8) is 0 Å². The van der Waals surface area contributed by atoms with Crippen molar-refractivity contribution in [3.8, 4) is 0 Å². The van der Waals surface area contributed by atoms with E-state index in [1.807, 2.05) is 46.1 Å². The summed E-state index contributed by atoms with van der Waals surface area (Å²) in [6.07, 6.45) is 9.35. The maximum absolute atomic E-state index is 12.7. The fourth-order valence-corrected chi connectivity index (χ4v) is 4.38. The molecule has 0 bridgehead atoms. The highest BCUT2D eigenvalue weighted by Gasteiger charge is 2.52. The minimum Gasteiger partial charge on any atom is -0.399 e. The van der Waals surface area contributed by atoms with Gasteiger partial charge in [-0.05, 0) is 45.9 Å². The Morgan fingerprint density at radius 2 is 1.80 bits per heavy atom. The van der Waals surface area contributed by atoms with E-state index in [-0.39, 0.29) is 5.56 Å². The van der Waals surface area contributed by atoms with Crippen LogP contribution in [0.5, 0.6) is 0 Å². The molecular formula is C25H38BN5O4. The third-order valence-electron chi connectivity index (χ3n) is 7.41. The number of hydrogen-bond donors (Lipinski definition) is 1. The molecule has 0 unspecified atom stereocenters. The molecule has 190 valence electrons. The monoisotopic (exact) mass is 483 g/mol.